The first-order chi connectivity index (χ1) is 13.0. The van der Waals surface area contributed by atoms with Crippen LogP contribution in [0.25, 0.3) is 10.9 Å². The van der Waals surface area contributed by atoms with Crippen molar-refractivity contribution in [1.29, 1.82) is 0 Å². The van der Waals surface area contributed by atoms with Gasteiger partial charge in [0.05, 0.1) is 11.2 Å². The van der Waals surface area contributed by atoms with Crippen LogP contribution in [0.1, 0.15) is 31.2 Å². The molecular weight excluding hydrogens is 368 g/mol. The van der Waals surface area contributed by atoms with Crippen molar-refractivity contribution in [2.45, 2.75) is 38.3 Å². The first-order valence-corrected chi connectivity index (χ1v) is 9.51. The maximum atomic E-state index is 12.8. The van der Waals surface area contributed by atoms with Gasteiger partial charge in [0.1, 0.15) is 0 Å². The monoisotopic (exact) mass is 388 g/mol. The molecular formula is C19H21ClN4O3. The van der Waals surface area contributed by atoms with Gasteiger partial charge in [0.2, 0.25) is 0 Å². The Bertz CT molecular complexity index is 896. The highest BCUT2D eigenvalue weighted by Crippen LogP contribution is 2.38. The number of fused-ring (bicyclic) bond motifs is 3. The lowest BCUT2D eigenvalue weighted by Gasteiger charge is -2.40. The SMILES string of the molecule is O=C(O)NCC1CCC(N2C(=O)NCc3cnc4ccc(Cl)cc4c32)CC1. The minimum absolute atomic E-state index is 0.0784. The van der Waals surface area contributed by atoms with Crippen LogP contribution in [0.4, 0.5) is 15.3 Å². The normalized spacial score (nSPS) is 22.3. The third-order valence-corrected chi connectivity index (χ3v) is 5.73. The van der Waals surface area contributed by atoms with E-state index in [0.29, 0.717) is 24.0 Å². The number of pyridine rings is 1. The van der Waals surface area contributed by atoms with E-state index in [0.717, 1.165) is 47.8 Å². The first kappa shape index (κ1) is 17.9. The van der Waals surface area contributed by atoms with E-state index < -0.39 is 6.09 Å². The van der Waals surface area contributed by atoms with Gasteiger partial charge in [-0.05, 0) is 49.8 Å². The van der Waals surface area contributed by atoms with Gasteiger partial charge >= 0.3 is 12.1 Å². The molecule has 3 N–H and O–H groups in total. The van der Waals surface area contributed by atoms with Crippen LogP contribution in [0.2, 0.25) is 5.02 Å². The molecule has 2 heterocycles. The lowest BCUT2D eigenvalue weighted by atomic mass is 9.84. The van der Waals surface area contributed by atoms with Crippen LogP contribution >= 0.6 is 11.6 Å². The Morgan fingerprint density at radius 1 is 1.33 bits per heavy atom. The van der Waals surface area contributed by atoms with Gasteiger partial charge in [-0.15, -0.1) is 0 Å². The zero-order valence-corrected chi connectivity index (χ0v) is 15.5. The molecule has 2 aliphatic rings. The van der Waals surface area contributed by atoms with Gasteiger partial charge in [-0.3, -0.25) is 9.88 Å². The molecule has 1 fully saturated rings. The average molecular weight is 389 g/mol. The van der Waals surface area contributed by atoms with Crippen molar-refractivity contribution in [2.24, 2.45) is 5.92 Å². The van der Waals surface area contributed by atoms with Crippen LogP contribution in [0, 0.1) is 5.92 Å². The summed E-state index contributed by atoms with van der Waals surface area (Å²) in [7, 11) is 0. The van der Waals surface area contributed by atoms with E-state index in [1.54, 1.807) is 6.07 Å². The molecule has 142 valence electrons. The second-order valence-electron chi connectivity index (χ2n) is 7.18. The summed E-state index contributed by atoms with van der Waals surface area (Å²) in [6.45, 7) is 0.922. The number of carbonyl (C=O) groups excluding carboxylic acids is 1. The number of benzene rings is 1. The minimum Gasteiger partial charge on any atom is -0.465 e. The fourth-order valence-corrected chi connectivity index (χ4v) is 4.32. The van der Waals surface area contributed by atoms with Gasteiger partial charge in [0.25, 0.3) is 0 Å². The molecule has 27 heavy (non-hydrogen) atoms. The number of hydrogen-bond donors (Lipinski definition) is 3. The predicted octanol–water partition coefficient (Wildman–Crippen LogP) is 3.74. The van der Waals surface area contributed by atoms with E-state index in [-0.39, 0.29) is 12.1 Å². The summed E-state index contributed by atoms with van der Waals surface area (Å²) < 4.78 is 0. The van der Waals surface area contributed by atoms with Crippen LogP contribution in [0.15, 0.2) is 24.4 Å². The molecule has 1 aliphatic heterocycles. The number of urea groups is 1. The highest BCUT2D eigenvalue weighted by Gasteiger charge is 2.34. The van der Waals surface area contributed by atoms with E-state index in [4.69, 9.17) is 16.7 Å². The lowest BCUT2D eigenvalue weighted by molar-refractivity contribution is 0.189. The number of carboxylic acid groups (broad SMARTS) is 1. The van der Waals surface area contributed by atoms with Crippen molar-refractivity contribution in [3.05, 3.63) is 35.0 Å². The number of carbonyl (C=O) groups is 2. The van der Waals surface area contributed by atoms with Crippen molar-refractivity contribution in [3.63, 3.8) is 0 Å². The number of aromatic nitrogens is 1. The summed E-state index contributed by atoms with van der Waals surface area (Å²) >= 11 is 6.21. The summed E-state index contributed by atoms with van der Waals surface area (Å²) in [6, 6.07) is 5.53. The third-order valence-electron chi connectivity index (χ3n) is 5.49. The molecule has 0 saturated heterocycles. The molecule has 1 saturated carbocycles. The third kappa shape index (κ3) is 3.51. The molecule has 7 nitrogen and oxygen atoms in total. The Kier molecular flexibility index (Phi) is 4.78. The fraction of sp³-hybridized carbons (Fsp3) is 0.421. The largest absolute Gasteiger partial charge is 0.465 e. The summed E-state index contributed by atoms with van der Waals surface area (Å²) in [4.78, 5) is 29.8. The number of hydrogen-bond acceptors (Lipinski definition) is 3. The first-order valence-electron chi connectivity index (χ1n) is 9.14. The van der Waals surface area contributed by atoms with Crippen LogP contribution in [0.5, 0.6) is 0 Å². The number of halogens is 1. The zero-order valence-electron chi connectivity index (χ0n) is 14.7. The summed E-state index contributed by atoms with van der Waals surface area (Å²) in [5.41, 5.74) is 2.70. The van der Waals surface area contributed by atoms with Crippen molar-refractivity contribution in [3.8, 4) is 0 Å². The number of nitrogens with one attached hydrogen (secondary N) is 2. The van der Waals surface area contributed by atoms with Gasteiger partial charge in [0.15, 0.2) is 0 Å². The molecule has 8 heteroatoms. The van der Waals surface area contributed by atoms with Gasteiger partial charge < -0.3 is 15.7 Å². The van der Waals surface area contributed by atoms with Crippen molar-refractivity contribution < 1.29 is 14.7 Å². The highest BCUT2D eigenvalue weighted by atomic mass is 35.5. The topological polar surface area (TPSA) is 94.6 Å². The molecule has 1 aromatic heterocycles. The van der Waals surface area contributed by atoms with E-state index in [2.05, 4.69) is 15.6 Å². The Labute approximate surface area is 161 Å². The van der Waals surface area contributed by atoms with E-state index in [9.17, 15) is 9.59 Å². The number of nitrogens with zero attached hydrogens (tertiary/aromatic N) is 2. The van der Waals surface area contributed by atoms with Gasteiger partial charge in [-0.1, -0.05) is 11.6 Å². The maximum Gasteiger partial charge on any atom is 0.404 e. The molecule has 0 radical (unpaired) electrons. The van der Waals surface area contributed by atoms with Crippen LogP contribution in [-0.2, 0) is 6.54 Å². The summed E-state index contributed by atoms with van der Waals surface area (Å²) in [5, 5.41) is 15.7. The Morgan fingerprint density at radius 2 is 2.11 bits per heavy atom. The Balaban J connectivity index is 1.62. The molecule has 0 spiro atoms. The second-order valence-corrected chi connectivity index (χ2v) is 7.62. The number of anilines is 1. The van der Waals surface area contributed by atoms with Gasteiger partial charge in [-0.25, -0.2) is 9.59 Å². The highest BCUT2D eigenvalue weighted by molar-refractivity contribution is 6.31. The number of rotatable bonds is 3. The maximum absolute atomic E-state index is 12.8. The number of amides is 3. The predicted molar refractivity (Wildman–Crippen MR) is 103 cm³/mol. The van der Waals surface area contributed by atoms with E-state index >= 15 is 0 Å². The molecule has 1 aliphatic carbocycles. The van der Waals surface area contributed by atoms with Crippen molar-refractivity contribution in [2.75, 3.05) is 11.4 Å². The summed E-state index contributed by atoms with van der Waals surface area (Å²) in [5.74, 6) is 0.313. The molecule has 3 amide bonds. The van der Waals surface area contributed by atoms with Crippen molar-refractivity contribution >= 4 is 40.3 Å². The lowest BCUT2D eigenvalue weighted by Crippen LogP contribution is -2.51. The van der Waals surface area contributed by atoms with Crippen molar-refractivity contribution in [1.82, 2.24) is 15.6 Å². The second kappa shape index (κ2) is 7.23. The Hall–Kier alpha value is -2.54. The van der Waals surface area contributed by atoms with E-state index in [1.165, 1.54) is 0 Å². The minimum atomic E-state index is -0.989. The van der Waals surface area contributed by atoms with Gasteiger partial charge in [0, 0.05) is 41.3 Å². The quantitative estimate of drug-likeness (QED) is 0.746. The standard InChI is InChI=1S/C19H21ClN4O3/c20-13-3-6-16-15(7-13)17-12(9-21-16)10-22-18(25)24(17)14-4-1-11(2-5-14)8-23-19(26)27/h3,6-7,9,11,14,23H,1-2,4-5,8,10H2,(H,22,25)(H,26,27). The van der Waals surface area contributed by atoms with Crippen LogP contribution in [-0.4, -0.2) is 34.8 Å². The molecule has 1 aromatic carbocycles. The zero-order chi connectivity index (χ0) is 19.0. The Morgan fingerprint density at radius 3 is 2.85 bits per heavy atom. The fourth-order valence-electron chi connectivity index (χ4n) is 4.15. The molecule has 2 aromatic rings. The smallest absolute Gasteiger partial charge is 0.404 e. The van der Waals surface area contributed by atoms with Crippen LogP contribution < -0.4 is 15.5 Å². The average Bonchev–Trinajstić information content (AvgIpc) is 2.66. The molecule has 0 bridgehead atoms. The molecule has 0 atom stereocenters. The molecule has 0 unspecified atom stereocenters. The summed E-state index contributed by atoms with van der Waals surface area (Å²) in [6.07, 6.45) is 4.27. The van der Waals surface area contributed by atoms with E-state index in [1.807, 2.05) is 23.2 Å². The van der Waals surface area contributed by atoms with Crippen LogP contribution in [0.3, 0.4) is 0 Å². The molecule has 4 rings (SSSR count). The van der Waals surface area contributed by atoms with Gasteiger partial charge in [-0.2, -0.15) is 0 Å².